The molecule has 0 aromatic carbocycles. The molecule has 1 aliphatic heterocycles. The molecule has 0 radical (unpaired) electrons. The summed E-state index contributed by atoms with van der Waals surface area (Å²) in [6, 6.07) is 1.11. The normalized spacial score (nSPS) is 18.9. The Hall–Kier alpha value is -1.93. The van der Waals surface area contributed by atoms with Crippen molar-refractivity contribution in [2.45, 2.75) is 18.9 Å². The van der Waals surface area contributed by atoms with Crippen LogP contribution in [0.3, 0.4) is 0 Å². The van der Waals surface area contributed by atoms with Crippen LogP contribution < -0.4 is 0 Å². The Bertz CT molecular complexity index is 863. The van der Waals surface area contributed by atoms with E-state index in [0.717, 1.165) is 21.7 Å². The number of carbonyl (C=O) groups is 2. The average molecular weight is 321 g/mol. The SMILES string of the molecule is O=C(O)[C@H]1CCCN1C(=O)c1cc2c(nc3sccn32)s1. The van der Waals surface area contributed by atoms with E-state index in [4.69, 9.17) is 0 Å². The number of nitrogens with zero attached hydrogens (tertiary/aromatic N) is 3. The number of hydrogen-bond donors (Lipinski definition) is 1. The molecule has 108 valence electrons. The molecule has 4 heterocycles. The molecule has 4 rings (SSSR count). The van der Waals surface area contributed by atoms with Crippen molar-refractivity contribution in [1.29, 1.82) is 0 Å². The lowest BCUT2D eigenvalue weighted by Crippen LogP contribution is -2.40. The lowest BCUT2D eigenvalue weighted by atomic mass is 10.2. The first kappa shape index (κ1) is 12.8. The lowest BCUT2D eigenvalue weighted by molar-refractivity contribution is -0.141. The van der Waals surface area contributed by atoms with E-state index in [1.807, 2.05) is 22.0 Å². The number of aliphatic carboxylic acids is 1. The van der Waals surface area contributed by atoms with Gasteiger partial charge >= 0.3 is 5.97 Å². The summed E-state index contributed by atoms with van der Waals surface area (Å²) in [7, 11) is 0. The number of carboxylic acids is 1. The average Bonchev–Trinajstić information content (AvgIpc) is 3.18. The summed E-state index contributed by atoms with van der Waals surface area (Å²) in [5, 5.41) is 11.1. The van der Waals surface area contributed by atoms with E-state index in [-0.39, 0.29) is 5.91 Å². The van der Waals surface area contributed by atoms with E-state index in [1.165, 1.54) is 16.2 Å². The van der Waals surface area contributed by atoms with E-state index in [2.05, 4.69) is 4.98 Å². The molecule has 0 bridgehead atoms. The van der Waals surface area contributed by atoms with Gasteiger partial charge in [-0.2, -0.15) is 0 Å². The molecule has 0 aliphatic carbocycles. The second kappa shape index (κ2) is 4.54. The second-order valence-electron chi connectivity index (χ2n) is 4.96. The van der Waals surface area contributed by atoms with Crippen molar-refractivity contribution in [3.05, 3.63) is 22.5 Å². The zero-order chi connectivity index (χ0) is 14.6. The van der Waals surface area contributed by atoms with Crippen molar-refractivity contribution >= 4 is 49.9 Å². The highest BCUT2D eigenvalue weighted by molar-refractivity contribution is 7.21. The molecular formula is C13H11N3O3S2. The molecule has 1 N–H and O–H groups in total. The molecule has 8 heteroatoms. The monoisotopic (exact) mass is 321 g/mol. The van der Waals surface area contributed by atoms with Gasteiger partial charge in [0.15, 0.2) is 4.96 Å². The maximum absolute atomic E-state index is 12.5. The highest BCUT2D eigenvalue weighted by Crippen LogP contribution is 2.30. The Labute approximate surface area is 127 Å². The number of fused-ring (bicyclic) bond motifs is 3. The van der Waals surface area contributed by atoms with Crippen molar-refractivity contribution in [3.63, 3.8) is 0 Å². The maximum atomic E-state index is 12.5. The minimum absolute atomic E-state index is 0.202. The third-order valence-electron chi connectivity index (χ3n) is 3.75. The first-order valence-electron chi connectivity index (χ1n) is 6.54. The molecule has 1 aliphatic rings. The third-order valence-corrected chi connectivity index (χ3v) is 5.51. The Morgan fingerprint density at radius 1 is 1.43 bits per heavy atom. The molecule has 6 nitrogen and oxygen atoms in total. The molecule has 3 aromatic heterocycles. The van der Waals surface area contributed by atoms with Crippen molar-refractivity contribution < 1.29 is 14.7 Å². The van der Waals surface area contributed by atoms with Gasteiger partial charge in [0.1, 0.15) is 10.9 Å². The highest BCUT2D eigenvalue weighted by atomic mass is 32.1. The standard InChI is InChI=1S/C13H11N3O3S2/c17-11(15-3-1-2-7(15)12(18)19)9-6-8-10(21-9)14-13-16(8)4-5-20-13/h4-7H,1-3H2,(H,18,19)/t7-/m1/s1. The number of thiophene rings is 1. The van der Waals surface area contributed by atoms with Gasteiger partial charge in [-0.25, -0.2) is 9.78 Å². The van der Waals surface area contributed by atoms with E-state index in [1.54, 1.807) is 11.3 Å². The van der Waals surface area contributed by atoms with Gasteiger partial charge in [-0.1, -0.05) is 0 Å². The Morgan fingerprint density at radius 3 is 3.10 bits per heavy atom. The topological polar surface area (TPSA) is 74.9 Å². The molecule has 1 atom stereocenters. The number of aromatic nitrogens is 2. The van der Waals surface area contributed by atoms with Crippen LogP contribution >= 0.6 is 22.7 Å². The molecule has 1 saturated heterocycles. The second-order valence-corrected chi connectivity index (χ2v) is 6.87. The number of rotatable bonds is 2. The fraction of sp³-hybridized carbons (Fsp3) is 0.308. The summed E-state index contributed by atoms with van der Waals surface area (Å²) in [6.07, 6.45) is 3.19. The number of imidazole rings is 1. The molecular weight excluding hydrogens is 310 g/mol. The van der Waals surface area contributed by atoms with Gasteiger partial charge in [0, 0.05) is 18.1 Å². The summed E-state index contributed by atoms with van der Waals surface area (Å²) >= 11 is 2.87. The third kappa shape index (κ3) is 1.86. The highest BCUT2D eigenvalue weighted by Gasteiger charge is 2.35. The van der Waals surface area contributed by atoms with Crippen LogP contribution in [0.1, 0.15) is 22.5 Å². The van der Waals surface area contributed by atoms with Crippen LogP contribution in [0, 0.1) is 0 Å². The number of likely N-dealkylation sites (tertiary alicyclic amines) is 1. The van der Waals surface area contributed by atoms with Gasteiger partial charge in [0.2, 0.25) is 0 Å². The Balaban J connectivity index is 1.73. The van der Waals surface area contributed by atoms with Gasteiger partial charge in [0.25, 0.3) is 5.91 Å². The molecule has 21 heavy (non-hydrogen) atoms. The quantitative estimate of drug-likeness (QED) is 0.786. The Kier molecular flexibility index (Phi) is 2.76. The fourth-order valence-electron chi connectivity index (χ4n) is 2.76. The number of amides is 1. The first-order chi connectivity index (χ1) is 10.1. The van der Waals surface area contributed by atoms with Gasteiger partial charge in [-0.3, -0.25) is 9.20 Å². The van der Waals surface area contributed by atoms with E-state index >= 15 is 0 Å². The van der Waals surface area contributed by atoms with Crippen LogP contribution in [-0.2, 0) is 4.79 Å². The molecule has 0 saturated carbocycles. The van der Waals surface area contributed by atoms with E-state index in [0.29, 0.717) is 17.8 Å². The molecule has 3 aromatic rings. The summed E-state index contributed by atoms with van der Waals surface area (Å²) in [6.45, 7) is 0.506. The molecule has 0 unspecified atom stereocenters. The number of hydrogen-bond acceptors (Lipinski definition) is 5. The van der Waals surface area contributed by atoms with Gasteiger partial charge in [-0.15, -0.1) is 22.7 Å². The van der Waals surface area contributed by atoms with Gasteiger partial charge in [0.05, 0.1) is 10.4 Å². The molecule has 0 spiro atoms. The lowest BCUT2D eigenvalue weighted by Gasteiger charge is -2.20. The van der Waals surface area contributed by atoms with Crippen molar-refractivity contribution in [2.75, 3.05) is 6.54 Å². The van der Waals surface area contributed by atoms with Crippen LogP contribution in [0.15, 0.2) is 17.6 Å². The zero-order valence-electron chi connectivity index (χ0n) is 10.9. The van der Waals surface area contributed by atoms with Crippen LogP contribution in [0.25, 0.3) is 15.3 Å². The van der Waals surface area contributed by atoms with Gasteiger partial charge < -0.3 is 10.0 Å². The largest absolute Gasteiger partial charge is 0.480 e. The molecule has 1 fully saturated rings. The van der Waals surface area contributed by atoms with Crippen LogP contribution in [-0.4, -0.2) is 43.9 Å². The fourth-order valence-corrected chi connectivity index (χ4v) is 4.52. The van der Waals surface area contributed by atoms with Crippen molar-refractivity contribution in [2.24, 2.45) is 0 Å². The summed E-state index contributed by atoms with van der Waals surface area (Å²) in [5.74, 6) is -1.13. The minimum Gasteiger partial charge on any atom is -0.480 e. The van der Waals surface area contributed by atoms with Crippen molar-refractivity contribution in [1.82, 2.24) is 14.3 Å². The van der Waals surface area contributed by atoms with Gasteiger partial charge in [-0.05, 0) is 18.9 Å². The summed E-state index contributed by atoms with van der Waals surface area (Å²) in [4.78, 5) is 32.0. The van der Waals surface area contributed by atoms with Crippen molar-refractivity contribution in [3.8, 4) is 0 Å². The number of carbonyl (C=O) groups excluding carboxylic acids is 1. The predicted molar refractivity (Wildman–Crippen MR) is 80.1 cm³/mol. The number of thiazole rings is 1. The predicted octanol–water partition coefficient (Wildman–Crippen LogP) is 2.30. The maximum Gasteiger partial charge on any atom is 0.326 e. The first-order valence-corrected chi connectivity index (χ1v) is 8.23. The van der Waals surface area contributed by atoms with E-state index in [9.17, 15) is 14.7 Å². The molecule has 1 amide bonds. The van der Waals surface area contributed by atoms with Crippen LogP contribution in [0.4, 0.5) is 0 Å². The zero-order valence-corrected chi connectivity index (χ0v) is 12.5. The minimum atomic E-state index is -0.927. The number of carboxylic acid groups (broad SMARTS) is 1. The van der Waals surface area contributed by atoms with Crippen LogP contribution in [0.5, 0.6) is 0 Å². The summed E-state index contributed by atoms with van der Waals surface area (Å²) < 4.78 is 1.95. The summed E-state index contributed by atoms with van der Waals surface area (Å²) in [5.41, 5.74) is 0.908. The Morgan fingerprint density at radius 2 is 2.29 bits per heavy atom. The van der Waals surface area contributed by atoms with Crippen LogP contribution in [0.2, 0.25) is 0 Å². The smallest absolute Gasteiger partial charge is 0.326 e. The van der Waals surface area contributed by atoms with E-state index < -0.39 is 12.0 Å².